The average molecular weight is 255 g/mol. The molecular formula is C14H25NO3. The Morgan fingerprint density at radius 2 is 1.89 bits per heavy atom. The number of hydrogen-bond donors (Lipinski definition) is 1. The molecule has 0 aromatic rings. The van der Waals surface area contributed by atoms with Gasteiger partial charge < -0.3 is 9.84 Å². The van der Waals surface area contributed by atoms with E-state index in [4.69, 9.17) is 9.84 Å². The number of nitrogens with zero attached hydrogens (tertiary/aromatic N) is 1. The van der Waals surface area contributed by atoms with Crippen LogP contribution in [0.5, 0.6) is 0 Å². The summed E-state index contributed by atoms with van der Waals surface area (Å²) in [6, 6.07) is 0.217. The number of carbonyl (C=O) groups is 1. The van der Waals surface area contributed by atoms with Crippen LogP contribution in [0.4, 0.5) is 0 Å². The third-order valence-electron chi connectivity index (χ3n) is 4.30. The van der Waals surface area contributed by atoms with E-state index in [1.807, 2.05) is 0 Å². The van der Waals surface area contributed by atoms with Gasteiger partial charge in [-0.3, -0.25) is 9.69 Å². The molecule has 1 saturated carbocycles. The van der Waals surface area contributed by atoms with Gasteiger partial charge in [-0.1, -0.05) is 32.1 Å². The van der Waals surface area contributed by atoms with E-state index in [0.717, 1.165) is 38.6 Å². The Morgan fingerprint density at radius 3 is 2.50 bits per heavy atom. The predicted octanol–water partition coefficient (Wildman–Crippen LogP) is 2.13. The lowest BCUT2D eigenvalue weighted by molar-refractivity contribution is -0.139. The summed E-state index contributed by atoms with van der Waals surface area (Å²) < 4.78 is 5.36. The van der Waals surface area contributed by atoms with Crippen molar-refractivity contribution in [2.24, 2.45) is 5.92 Å². The number of ether oxygens (including phenoxy) is 1. The Morgan fingerprint density at radius 1 is 1.22 bits per heavy atom. The summed E-state index contributed by atoms with van der Waals surface area (Å²) in [5, 5.41) is 9.09. The van der Waals surface area contributed by atoms with Gasteiger partial charge in [-0.05, 0) is 12.3 Å². The molecule has 1 unspecified atom stereocenters. The maximum absolute atomic E-state index is 11.0. The van der Waals surface area contributed by atoms with E-state index in [1.165, 1.54) is 32.1 Å². The molecular weight excluding hydrogens is 230 g/mol. The molecule has 1 aliphatic carbocycles. The van der Waals surface area contributed by atoms with Gasteiger partial charge in [-0.25, -0.2) is 0 Å². The molecule has 1 heterocycles. The fraction of sp³-hybridized carbons (Fsp3) is 0.929. The molecule has 1 saturated heterocycles. The van der Waals surface area contributed by atoms with Crippen molar-refractivity contribution in [3.63, 3.8) is 0 Å². The SMILES string of the molecule is O=C(O)CC(CC1CCCCC1)N1CCOCC1. The lowest BCUT2D eigenvalue weighted by Crippen LogP contribution is -2.45. The van der Waals surface area contributed by atoms with Crippen LogP contribution < -0.4 is 0 Å². The first kappa shape index (κ1) is 13.8. The summed E-state index contributed by atoms with van der Waals surface area (Å²) in [7, 11) is 0. The zero-order valence-corrected chi connectivity index (χ0v) is 11.1. The van der Waals surface area contributed by atoms with Crippen LogP contribution >= 0.6 is 0 Å². The van der Waals surface area contributed by atoms with Crippen molar-refractivity contribution >= 4 is 5.97 Å². The van der Waals surface area contributed by atoms with Crippen LogP contribution in [0, 0.1) is 5.92 Å². The summed E-state index contributed by atoms with van der Waals surface area (Å²) in [5.41, 5.74) is 0. The summed E-state index contributed by atoms with van der Waals surface area (Å²) in [6.07, 6.45) is 7.95. The van der Waals surface area contributed by atoms with Crippen LogP contribution in [-0.4, -0.2) is 48.3 Å². The molecule has 0 spiro atoms. The molecule has 2 fully saturated rings. The van der Waals surface area contributed by atoms with Gasteiger partial charge in [0.1, 0.15) is 0 Å². The van der Waals surface area contributed by atoms with Gasteiger partial charge in [0, 0.05) is 19.1 Å². The van der Waals surface area contributed by atoms with Gasteiger partial charge in [0.2, 0.25) is 0 Å². The number of morpholine rings is 1. The highest BCUT2D eigenvalue weighted by molar-refractivity contribution is 5.67. The maximum Gasteiger partial charge on any atom is 0.304 e. The number of carboxylic acid groups (broad SMARTS) is 1. The van der Waals surface area contributed by atoms with Gasteiger partial charge in [-0.15, -0.1) is 0 Å². The van der Waals surface area contributed by atoms with E-state index in [1.54, 1.807) is 0 Å². The normalized spacial score (nSPS) is 24.9. The molecule has 2 rings (SSSR count). The minimum absolute atomic E-state index is 0.217. The summed E-state index contributed by atoms with van der Waals surface area (Å²) in [5.74, 6) is 0.0771. The Balaban J connectivity index is 1.88. The van der Waals surface area contributed by atoms with Crippen molar-refractivity contribution in [2.75, 3.05) is 26.3 Å². The first-order valence-electron chi connectivity index (χ1n) is 7.29. The predicted molar refractivity (Wildman–Crippen MR) is 69.6 cm³/mol. The summed E-state index contributed by atoms with van der Waals surface area (Å²) in [6.45, 7) is 3.29. The van der Waals surface area contributed by atoms with Gasteiger partial charge in [0.15, 0.2) is 0 Å². The molecule has 4 heteroatoms. The van der Waals surface area contributed by atoms with E-state index in [0.29, 0.717) is 0 Å². The molecule has 104 valence electrons. The smallest absolute Gasteiger partial charge is 0.304 e. The molecule has 1 N–H and O–H groups in total. The molecule has 0 bridgehead atoms. The Bertz CT molecular complexity index is 258. The van der Waals surface area contributed by atoms with E-state index in [2.05, 4.69) is 4.90 Å². The number of hydrogen-bond acceptors (Lipinski definition) is 3. The molecule has 2 aliphatic rings. The molecule has 0 aromatic carbocycles. The van der Waals surface area contributed by atoms with E-state index >= 15 is 0 Å². The number of aliphatic carboxylic acids is 1. The second-order valence-electron chi connectivity index (χ2n) is 5.64. The van der Waals surface area contributed by atoms with Crippen LogP contribution in [0.25, 0.3) is 0 Å². The quantitative estimate of drug-likeness (QED) is 0.817. The van der Waals surface area contributed by atoms with Gasteiger partial charge in [0.25, 0.3) is 0 Å². The van der Waals surface area contributed by atoms with Crippen LogP contribution in [0.3, 0.4) is 0 Å². The number of carboxylic acids is 1. The summed E-state index contributed by atoms with van der Waals surface area (Å²) >= 11 is 0. The standard InChI is InChI=1S/C14H25NO3/c16-14(17)11-13(15-6-8-18-9-7-15)10-12-4-2-1-3-5-12/h12-13H,1-11H2,(H,16,17). The van der Waals surface area contributed by atoms with E-state index in [9.17, 15) is 4.79 Å². The van der Waals surface area contributed by atoms with Crippen molar-refractivity contribution in [1.29, 1.82) is 0 Å². The van der Waals surface area contributed by atoms with Crippen molar-refractivity contribution in [2.45, 2.75) is 51.0 Å². The van der Waals surface area contributed by atoms with Crippen LogP contribution in [0.1, 0.15) is 44.9 Å². The zero-order valence-electron chi connectivity index (χ0n) is 11.1. The second kappa shape index (κ2) is 7.10. The largest absolute Gasteiger partial charge is 0.481 e. The zero-order chi connectivity index (χ0) is 12.8. The van der Waals surface area contributed by atoms with Crippen LogP contribution in [0.2, 0.25) is 0 Å². The molecule has 1 aliphatic heterocycles. The van der Waals surface area contributed by atoms with E-state index < -0.39 is 5.97 Å². The Labute approximate surface area is 109 Å². The van der Waals surface area contributed by atoms with Crippen molar-refractivity contribution in [1.82, 2.24) is 4.90 Å². The molecule has 4 nitrogen and oxygen atoms in total. The minimum atomic E-state index is -0.665. The molecule has 18 heavy (non-hydrogen) atoms. The first-order chi connectivity index (χ1) is 8.75. The maximum atomic E-state index is 11.0. The van der Waals surface area contributed by atoms with Gasteiger partial charge in [-0.2, -0.15) is 0 Å². The highest BCUT2D eigenvalue weighted by Gasteiger charge is 2.26. The van der Waals surface area contributed by atoms with Crippen LogP contribution in [0.15, 0.2) is 0 Å². The molecule has 0 amide bonds. The fourth-order valence-corrected chi connectivity index (χ4v) is 3.31. The minimum Gasteiger partial charge on any atom is -0.481 e. The van der Waals surface area contributed by atoms with Crippen molar-refractivity contribution in [3.8, 4) is 0 Å². The average Bonchev–Trinajstić information content (AvgIpc) is 2.40. The molecule has 1 atom stereocenters. The lowest BCUT2D eigenvalue weighted by atomic mass is 9.83. The van der Waals surface area contributed by atoms with Crippen LogP contribution in [-0.2, 0) is 9.53 Å². The summed E-state index contributed by atoms with van der Waals surface area (Å²) in [4.78, 5) is 13.4. The molecule has 0 radical (unpaired) electrons. The topological polar surface area (TPSA) is 49.8 Å². The second-order valence-corrected chi connectivity index (χ2v) is 5.64. The Hall–Kier alpha value is -0.610. The monoisotopic (exact) mass is 255 g/mol. The third-order valence-corrected chi connectivity index (χ3v) is 4.30. The molecule has 0 aromatic heterocycles. The van der Waals surface area contributed by atoms with Gasteiger partial charge in [0.05, 0.1) is 19.6 Å². The highest BCUT2D eigenvalue weighted by atomic mass is 16.5. The Kier molecular flexibility index (Phi) is 5.45. The fourth-order valence-electron chi connectivity index (χ4n) is 3.31. The van der Waals surface area contributed by atoms with Gasteiger partial charge >= 0.3 is 5.97 Å². The highest BCUT2D eigenvalue weighted by Crippen LogP contribution is 2.29. The van der Waals surface area contributed by atoms with E-state index in [-0.39, 0.29) is 12.5 Å². The first-order valence-corrected chi connectivity index (χ1v) is 7.29. The number of rotatable bonds is 5. The van der Waals surface area contributed by atoms with Crippen molar-refractivity contribution in [3.05, 3.63) is 0 Å². The van der Waals surface area contributed by atoms with Crippen molar-refractivity contribution < 1.29 is 14.6 Å². The third kappa shape index (κ3) is 4.25. The lowest BCUT2D eigenvalue weighted by Gasteiger charge is -2.36.